The minimum atomic E-state index is 0.547. The van der Waals surface area contributed by atoms with Gasteiger partial charge < -0.3 is 4.98 Å². The maximum Gasteiger partial charge on any atom is 0.195 e. The Morgan fingerprint density at radius 2 is 1.87 bits per heavy atom. The molecule has 0 fully saturated rings. The molecule has 0 saturated heterocycles. The van der Waals surface area contributed by atoms with Crippen molar-refractivity contribution in [2.45, 2.75) is 13.8 Å². The van der Waals surface area contributed by atoms with Crippen LogP contribution < -0.4 is 0 Å². The molecule has 0 bridgehead atoms. The van der Waals surface area contributed by atoms with Gasteiger partial charge >= 0.3 is 0 Å². The molecule has 2 rings (SSSR count). The maximum absolute atomic E-state index is 5.03. The predicted octanol–water partition coefficient (Wildman–Crippen LogP) is 2.21. The van der Waals surface area contributed by atoms with Crippen molar-refractivity contribution in [2.75, 3.05) is 0 Å². The van der Waals surface area contributed by atoms with Gasteiger partial charge in [-0.05, 0) is 25.5 Å². The van der Waals surface area contributed by atoms with Crippen LogP contribution in [0.1, 0.15) is 11.3 Å². The third-order valence-corrected chi connectivity index (χ3v) is 2.08. The van der Waals surface area contributed by atoms with Gasteiger partial charge in [-0.15, -0.1) is 0 Å². The molecule has 0 aliphatic heterocycles. The van der Waals surface area contributed by atoms with E-state index in [4.69, 9.17) is 12.2 Å². The third kappa shape index (κ3) is 2.24. The molecule has 0 saturated carbocycles. The number of aromatic nitrogens is 4. The van der Waals surface area contributed by atoms with Gasteiger partial charge in [0, 0.05) is 18.1 Å². The molecule has 2 aromatic heterocycles. The van der Waals surface area contributed by atoms with Gasteiger partial charge in [0.1, 0.15) is 4.64 Å². The number of H-pyrrole nitrogens is 1. The van der Waals surface area contributed by atoms with Crippen LogP contribution in [-0.2, 0) is 0 Å². The van der Waals surface area contributed by atoms with Crippen LogP contribution in [0.4, 0.5) is 0 Å². The molecule has 15 heavy (non-hydrogen) atoms. The topological polar surface area (TPSA) is 54.5 Å². The van der Waals surface area contributed by atoms with Crippen molar-refractivity contribution in [3.63, 3.8) is 0 Å². The highest BCUT2D eigenvalue weighted by Gasteiger charge is 2.02. The molecule has 0 radical (unpaired) electrons. The zero-order valence-electron chi connectivity index (χ0n) is 8.48. The van der Waals surface area contributed by atoms with E-state index in [1.54, 1.807) is 18.5 Å². The summed E-state index contributed by atoms with van der Waals surface area (Å²) in [5.41, 5.74) is 1.97. The third-order valence-electron chi connectivity index (χ3n) is 1.87. The Hall–Kier alpha value is -1.62. The van der Waals surface area contributed by atoms with E-state index >= 15 is 0 Å². The first-order valence-corrected chi connectivity index (χ1v) is 4.93. The Morgan fingerprint density at radius 3 is 2.47 bits per heavy atom. The lowest BCUT2D eigenvalue weighted by Gasteiger charge is -2.01. The average Bonchev–Trinajstić information content (AvgIpc) is 2.17. The summed E-state index contributed by atoms with van der Waals surface area (Å²) < 4.78 is 0.547. The summed E-state index contributed by atoms with van der Waals surface area (Å²) in [6.45, 7) is 3.87. The molecule has 0 spiro atoms. The van der Waals surface area contributed by atoms with Gasteiger partial charge in [-0.3, -0.25) is 0 Å². The van der Waals surface area contributed by atoms with Crippen molar-refractivity contribution in [1.82, 2.24) is 19.9 Å². The molecular formula is C10H10N4S. The van der Waals surface area contributed by atoms with Gasteiger partial charge in [0.25, 0.3) is 0 Å². The predicted molar refractivity (Wildman–Crippen MR) is 59.9 cm³/mol. The standard InChI is InChI=1S/C10H10N4S/c1-6-4-11-9(12-5-6)10-13-7(2)3-8(15)14-10/h3-5H,1-2H3,(H,13,14,15). The van der Waals surface area contributed by atoms with Crippen LogP contribution >= 0.6 is 12.2 Å². The van der Waals surface area contributed by atoms with Crippen LogP contribution in [0.5, 0.6) is 0 Å². The smallest absolute Gasteiger partial charge is 0.195 e. The second-order valence-electron chi connectivity index (χ2n) is 3.34. The van der Waals surface area contributed by atoms with E-state index in [0.29, 0.717) is 16.3 Å². The van der Waals surface area contributed by atoms with Crippen molar-refractivity contribution in [1.29, 1.82) is 0 Å². The highest BCUT2D eigenvalue weighted by molar-refractivity contribution is 7.71. The van der Waals surface area contributed by atoms with E-state index in [9.17, 15) is 0 Å². The molecule has 2 aromatic rings. The fourth-order valence-electron chi connectivity index (χ4n) is 1.20. The lowest BCUT2D eigenvalue weighted by Crippen LogP contribution is -1.96. The summed E-state index contributed by atoms with van der Waals surface area (Å²) in [7, 11) is 0. The minimum absolute atomic E-state index is 0.547. The molecule has 0 aliphatic carbocycles. The summed E-state index contributed by atoms with van der Waals surface area (Å²) in [5.74, 6) is 1.18. The zero-order chi connectivity index (χ0) is 10.8. The highest BCUT2D eigenvalue weighted by Crippen LogP contribution is 2.08. The lowest BCUT2D eigenvalue weighted by molar-refractivity contribution is 1.03. The maximum atomic E-state index is 5.03. The number of hydrogen-bond acceptors (Lipinski definition) is 4. The number of nitrogens with one attached hydrogen (secondary N) is 1. The summed E-state index contributed by atoms with van der Waals surface area (Å²) >= 11 is 5.03. The first kappa shape index (κ1) is 9.92. The van der Waals surface area contributed by atoms with Crippen LogP contribution in [0, 0.1) is 18.5 Å². The normalized spacial score (nSPS) is 10.3. The van der Waals surface area contributed by atoms with Gasteiger partial charge in [0.05, 0.1) is 0 Å². The largest absolute Gasteiger partial charge is 0.341 e. The van der Waals surface area contributed by atoms with Crippen LogP contribution in [-0.4, -0.2) is 19.9 Å². The Balaban J connectivity index is 2.54. The van der Waals surface area contributed by atoms with Crippen molar-refractivity contribution < 1.29 is 0 Å². The van der Waals surface area contributed by atoms with Crippen molar-refractivity contribution >= 4 is 12.2 Å². The van der Waals surface area contributed by atoms with Crippen LogP contribution in [0.2, 0.25) is 0 Å². The first-order chi connectivity index (χ1) is 7.15. The van der Waals surface area contributed by atoms with E-state index in [-0.39, 0.29) is 0 Å². The van der Waals surface area contributed by atoms with Gasteiger partial charge in [-0.1, -0.05) is 12.2 Å². The molecule has 0 amide bonds. The highest BCUT2D eigenvalue weighted by atomic mass is 32.1. The second-order valence-corrected chi connectivity index (χ2v) is 3.75. The van der Waals surface area contributed by atoms with Gasteiger partial charge in [0.2, 0.25) is 0 Å². The van der Waals surface area contributed by atoms with E-state index in [0.717, 1.165) is 11.3 Å². The summed E-state index contributed by atoms with van der Waals surface area (Å²) in [4.78, 5) is 15.6. The molecule has 0 atom stereocenters. The summed E-state index contributed by atoms with van der Waals surface area (Å²) in [5, 5.41) is 0. The number of aryl methyl sites for hydroxylation is 2. The molecule has 0 aromatic carbocycles. The molecule has 0 unspecified atom stereocenters. The summed E-state index contributed by atoms with van der Waals surface area (Å²) in [6.07, 6.45) is 3.51. The van der Waals surface area contributed by atoms with Crippen LogP contribution in [0.3, 0.4) is 0 Å². The van der Waals surface area contributed by atoms with Crippen LogP contribution in [0.25, 0.3) is 11.6 Å². The molecule has 0 aliphatic rings. The first-order valence-electron chi connectivity index (χ1n) is 4.52. The Kier molecular flexibility index (Phi) is 2.55. The Bertz CT molecular complexity index is 530. The molecule has 2 heterocycles. The van der Waals surface area contributed by atoms with Crippen molar-refractivity contribution in [3.8, 4) is 11.6 Å². The number of aromatic amines is 1. The van der Waals surface area contributed by atoms with Crippen LogP contribution in [0.15, 0.2) is 18.5 Å². The van der Waals surface area contributed by atoms with E-state index in [2.05, 4.69) is 19.9 Å². The second kappa shape index (κ2) is 3.86. The average molecular weight is 218 g/mol. The SMILES string of the molecule is Cc1cnc(-c2nc(=S)cc(C)[nH]2)nc1. The zero-order valence-corrected chi connectivity index (χ0v) is 9.30. The fraction of sp³-hybridized carbons (Fsp3) is 0.200. The number of nitrogens with zero attached hydrogens (tertiary/aromatic N) is 3. The Morgan fingerprint density at radius 1 is 1.20 bits per heavy atom. The molecular weight excluding hydrogens is 208 g/mol. The fourth-order valence-corrected chi connectivity index (χ4v) is 1.47. The molecule has 5 heteroatoms. The molecule has 1 N–H and O–H groups in total. The van der Waals surface area contributed by atoms with Crippen molar-refractivity contribution in [3.05, 3.63) is 34.4 Å². The van der Waals surface area contributed by atoms with E-state index in [1.807, 2.05) is 13.8 Å². The summed E-state index contributed by atoms with van der Waals surface area (Å²) in [6, 6.07) is 1.80. The van der Waals surface area contributed by atoms with Gasteiger partial charge in [-0.25, -0.2) is 15.0 Å². The Labute approximate surface area is 92.5 Å². The minimum Gasteiger partial charge on any atom is -0.341 e. The van der Waals surface area contributed by atoms with Crippen molar-refractivity contribution in [2.24, 2.45) is 0 Å². The number of hydrogen-bond donors (Lipinski definition) is 1. The molecule has 76 valence electrons. The van der Waals surface area contributed by atoms with Gasteiger partial charge in [-0.2, -0.15) is 0 Å². The monoisotopic (exact) mass is 218 g/mol. The number of rotatable bonds is 1. The quantitative estimate of drug-likeness (QED) is 0.746. The van der Waals surface area contributed by atoms with Gasteiger partial charge in [0.15, 0.2) is 11.6 Å². The molecule has 4 nitrogen and oxygen atoms in total. The van der Waals surface area contributed by atoms with E-state index < -0.39 is 0 Å². The lowest BCUT2D eigenvalue weighted by atomic mass is 10.4. The van der Waals surface area contributed by atoms with E-state index in [1.165, 1.54) is 0 Å².